The van der Waals surface area contributed by atoms with Crippen molar-refractivity contribution in [2.24, 2.45) is 4.99 Å². The molecule has 6 nitrogen and oxygen atoms in total. The minimum atomic E-state index is -4.21. The van der Waals surface area contributed by atoms with E-state index in [9.17, 15) is 18.0 Å². The highest BCUT2D eigenvalue weighted by Gasteiger charge is 2.41. The fourth-order valence-corrected chi connectivity index (χ4v) is 2.92. The Balaban J connectivity index is 0.00000392. The van der Waals surface area contributed by atoms with Gasteiger partial charge in [-0.25, -0.2) is 4.79 Å². The van der Waals surface area contributed by atoms with Crippen LogP contribution in [-0.2, 0) is 11.3 Å². The van der Waals surface area contributed by atoms with E-state index in [0.717, 1.165) is 5.56 Å². The normalized spacial score (nSPS) is 16.9. The predicted octanol–water partition coefficient (Wildman–Crippen LogP) is 2.74. The summed E-state index contributed by atoms with van der Waals surface area (Å²) in [6.45, 7) is 3.29. The number of carbonyl (C=O) groups is 1. The van der Waals surface area contributed by atoms with Crippen molar-refractivity contribution >= 4 is 35.9 Å². The van der Waals surface area contributed by atoms with Crippen molar-refractivity contribution in [1.29, 1.82) is 0 Å². The fourth-order valence-electron chi connectivity index (χ4n) is 2.92. The molecule has 0 saturated carbocycles. The maximum atomic E-state index is 12.8. The van der Waals surface area contributed by atoms with Gasteiger partial charge in [0.05, 0.1) is 12.7 Å². The van der Waals surface area contributed by atoms with Crippen LogP contribution in [0.3, 0.4) is 0 Å². The number of benzene rings is 1. The van der Waals surface area contributed by atoms with Gasteiger partial charge in [-0.3, -0.25) is 9.89 Å². The number of nitrogens with zero attached hydrogens (tertiary/aromatic N) is 3. The number of guanidine groups is 1. The Labute approximate surface area is 180 Å². The van der Waals surface area contributed by atoms with Crippen molar-refractivity contribution < 1.29 is 22.7 Å². The number of alkyl halides is 3. The van der Waals surface area contributed by atoms with Crippen LogP contribution in [0.1, 0.15) is 22.8 Å². The number of hydrogen-bond acceptors (Lipinski definition) is 4. The molecule has 28 heavy (non-hydrogen) atoms. The molecule has 10 heteroatoms. The van der Waals surface area contributed by atoms with Crippen LogP contribution < -0.4 is 5.32 Å². The highest BCUT2D eigenvalue weighted by atomic mass is 127. The van der Waals surface area contributed by atoms with Gasteiger partial charge in [0, 0.05) is 39.8 Å². The smallest absolute Gasteiger partial charge is 0.403 e. The van der Waals surface area contributed by atoms with Crippen molar-refractivity contribution in [2.45, 2.75) is 25.7 Å². The zero-order chi connectivity index (χ0) is 20.0. The van der Waals surface area contributed by atoms with E-state index in [4.69, 9.17) is 0 Å². The van der Waals surface area contributed by atoms with Gasteiger partial charge >= 0.3 is 12.1 Å². The lowest BCUT2D eigenvalue weighted by molar-refractivity contribution is -0.181. The van der Waals surface area contributed by atoms with Crippen molar-refractivity contribution in [3.63, 3.8) is 0 Å². The predicted molar refractivity (Wildman–Crippen MR) is 112 cm³/mol. The summed E-state index contributed by atoms with van der Waals surface area (Å²) in [5.74, 6) is 0.252. The second kappa shape index (κ2) is 10.8. The van der Waals surface area contributed by atoms with Crippen molar-refractivity contribution in [2.75, 3.05) is 40.3 Å². The Bertz CT molecular complexity index is 660. The number of nitrogens with one attached hydrogen (secondary N) is 1. The third kappa shape index (κ3) is 6.50. The van der Waals surface area contributed by atoms with Gasteiger partial charge in [-0.05, 0) is 24.6 Å². The molecule has 0 bridgehead atoms. The van der Waals surface area contributed by atoms with E-state index in [0.29, 0.717) is 44.2 Å². The molecule has 0 aromatic heterocycles. The number of carbonyl (C=O) groups excluding carboxylic acids is 1. The molecule has 1 aliphatic heterocycles. The number of aliphatic imine (C=N–C) groups is 1. The molecule has 0 aliphatic carbocycles. The molecule has 1 fully saturated rings. The van der Waals surface area contributed by atoms with Crippen molar-refractivity contribution in [3.8, 4) is 0 Å². The second-order valence-corrected chi connectivity index (χ2v) is 6.33. The molecule has 1 saturated heterocycles. The lowest BCUT2D eigenvalue weighted by Gasteiger charge is -2.39. The van der Waals surface area contributed by atoms with Crippen LogP contribution in [0.15, 0.2) is 29.3 Å². The first-order valence-corrected chi connectivity index (χ1v) is 8.70. The summed E-state index contributed by atoms with van der Waals surface area (Å²) in [7, 11) is 2.98. The van der Waals surface area contributed by atoms with Gasteiger partial charge in [0.1, 0.15) is 6.04 Å². The number of halogens is 4. The first kappa shape index (κ1) is 24.5. The van der Waals surface area contributed by atoms with Crippen molar-refractivity contribution in [1.82, 2.24) is 15.1 Å². The third-order valence-electron chi connectivity index (χ3n) is 4.67. The third-order valence-corrected chi connectivity index (χ3v) is 4.67. The van der Waals surface area contributed by atoms with Crippen LogP contribution >= 0.6 is 24.0 Å². The molecule has 1 aliphatic rings. The van der Waals surface area contributed by atoms with Crippen LogP contribution in [0, 0.1) is 0 Å². The maximum absolute atomic E-state index is 12.8. The second-order valence-electron chi connectivity index (χ2n) is 6.33. The summed E-state index contributed by atoms with van der Waals surface area (Å²) < 4.78 is 43.2. The van der Waals surface area contributed by atoms with E-state index in [1.807, 2.05) is 17.0 Å². The first-order valence-electron chi connectivity index (χ1n) is 8.70. The molecule has 1 aromatic carbocycles. The summed E-state index contributed by atoms with van der Waals surface area (Å²) in [4.78, 5) is 19.0. The van der Waals surface area contributed by atoms with Crippen LogP contribution in [-0.4, -0.2) is 74.3 Å². The molecule has 1 heterocycles. The molecular formula is C18H26F3IN4O2. The minimum Gasteiger partial charge on any atom is -0.465 e. The average molecular weight is 514 g/mol. The Morgan fingerprint density at radius 3 is 2.25 bits per heavy atom. The van der Waals surface area contributed by atoms with Gasteiger partial charge < -0.3 is 15.0 Å². The van der Waals surface area contributed by atoms with E-state index in [1.165, 1.54) is 18.9 Å². The van der Waals surface area contributed by atoms with Crippen molar-refractivity contribution in [3.05, 3.63) is 35.4 Å². The van der Waals surface area contributed by atoms with Gasteiger partial charge in [-0.2, -0.15) is 13.2 Å². The number of hydrogen-bond donors (Lipinski definition) is 1. The molecule has 1 aromatic rings. The summed E-state index contributed by atoms with van der Waals surface area (Å²) in [6, 6.07) is 5.56. The SMILES string of the molecule is CN=C(NCc1ccc(C(=O)OC)cc1)N1CCN(C(C)C(F)(F)F)CC1.I. The molecule has 0 spiro atoms. The minimum absolute atomic E-state index is 0. The Hall–Kier alpha value is -1.56. The molecule has 2 rings (SSSR count). The largest absolute Gasteiger partial charge is 0.465 e. The monoisotopic (exact) mass is 514 g/mol. The number of ether oxygens (including phenoxy) is 1. The summed E-state index contributed by atoms with van der Waals surface area (Å²) >= 11 is 0. The van der Waals surface area contributed by atoms with E-state index >= 15 is 0 Å². The first-order chi connectivity index (χ1) is 12.8. The van der Waals surface area contributed by atoms with Gasteiger partial charge in [0.25, 0.3) is 0 Å². The number of rotatable bonds is 4. The molecule has 1 N–H and O–H groups in total. The van der Waals surface area contributed by atoms with Gasteiger partial charge in [0.2, 0.25) is 0 Å². The standard InChI is InChI=1S/C18H25F3N4O2.HI/c1-13(18(19,20)21)24-8-10-25(11-9-24)17(22-2)23-12-14-4-6-15(7-5-14)16(26)27-3;/h4-7,13H,8-12H2,1-3H3,(H,22,23);1H. The van der Waals surface area contributed by atoms with Crippen LogP contribution in [0.2, 0.25) is 0 Å². The Morgan fingerprint density at radius 2 is 1.79 bits per heavy atom. The molecule has 1 unspecified atom stereocenters. The zero-order valence-electron chi connectivity index (χ0n) is 16.1. The molecule has 0 amide bonds. The van der Waals surface area contributed by atoms with Gasteiger partial charge in [0.15, 0.2) is 5.96 Å². The van der Waals surface area contributed by atoms with Gasteiger partial charge in [-0.15, -0.1) is 24.0 Å². The van der Waals surface area contributed by atoms with E-state index < -0.39 is 18.2 Å². The van der Waals surface area contributed by atoms with E-state index in [2.05, 4.69) is 15.0 Å². The molecule has 158 valence electrons. The van der Waals surface area contributed by atoms with E-state index in [1.54, 1.807) is 19.2 Å². The quantitative estimate of drug-likeness (QED) is 0.290. The zero-order valence-corrected chi connectivity index (χ0v) is 18.5. The lowest BCUT2D eigenvalue weighted by atomic mass is 10.1. The highest BCUT2D eigenvalue weighted by Crippen LogP contribution is 2.25. The van der Waals surface area contributed by atoms with Gasteiger partial charge in [-0.1, -0.05) is 12.1 Å². The maximum Gasteiger partial charge on any atom is 0.403 e. The number of esters is 1. The number of piperazine rings is 1. The average Bonchev–Trinajstić information content (AvgIpc) is 2.67. The summed E-state index contributed by atoms with van der Waals surface area (Å²) in [6.07, 6.45) is -4.21. The lowest BCUT2D eigenvalue weighted by Crippen LogP contribution is -2.56. The Kier molecular flexibility index (Phi) is 9.48. The molecule has 0 radical (unpaired) electrons. The fraction of sp³-hybridized carbons (Fsp3) is 0.556. The Morgan fingerprint density at radius 1 is 1.21 bits per heavy atom. The van der Waals surface area contributed by atoms with Crippen LogP contribution in [0.5, 0.6) is 0 Å². The highest BCUT2D eigenvalue weighted by molar-refractivity contribution is 14.0. The van der Waals surface area contributed by atoms with E-state index in [-0.39, 0.29) is 24.0 Å². The van der Waals surface area contributed by atoms with Crippen LogP contribution in [0.25, 0.3) is 0 Å². The summed E-state index contributed by atoms with van der Waals surface area (Å²) in [5.41, 5.74) is 1.42. The topological polar surface area (TPSA) is 57.2 Å². The van der Waals surface area contributed by atoms with Crippen LogP contribution in [0.4, 0.5) is 13.2 Å². The summed E-state index contributed by atoms with van der Waals surface area (Å²) in [5, 5.41) is 3.21. The number of methoxy groups -OCH3 is 1. The molecule has 1 atom stereocenters. The molecular weight excluding hydrogens is 488 g/mol.